The number of esters is 2. The van der Waals surface area contributed by atoms with Crippen molar-refractivity contribution in [1.29, 1.82) is 0 Å². The summed E-state index contributed by atoms with van der Waals surface area (Å²) in [5.74, 6) is -0.370. The smallest absolute Gasteiger partial charge is 0.318 e. The number of ether oxygens (including phenoxy) is 1. The third-order valence-corrected chi connectivity index (χ3v) is 7.12. The monoisotopic (exact) mass is 236 g/mol. The second-order valence-corrected chi connectivity index (χ2v) is 11.6. The third kappa shape index (κ3) is 1.08. The van der Waals surface area contributed by atoms with Crippen molar-refractivity contribution < 1.29 is 14.3 Å². The van der Waals surface area contributed by atoms with E-state index in [1.165, 1.54) is 0 Å². The fourth-order valence-electron chi connectivity index (χ4n) is 3.92. The first-order chi connectivity index (χ1) is 7.41. The number of fused-ring (bicyclic) bond motifs is 5. The average molecular weight is 236 g/mol. The SMILES string of the molecule is C[Si](C)(C)C1[C@@H]2C=C[C@H]1C1C(=O)OC(=O)C12. The molecule has 3 nitrogen and oxygen atoms in total. The molecule has 1 aliphatic heterocycles. The molecule has 2 fully saturated rings. The Kier molecular flexibility index (Phi) is 1.83. The normalized spacial score (nSPS) is 45.1. The molecule has 0 N–H and O–H groups in total. The lowest BCUT2D eigenvalue weighted by Crippen LogP contribution is -2.33. The Labute approximate surface area is 95.9 Å². The van der Waals surface area contributed by atoms with Crippen LogP contribution in [0.25, 0.3) is 0 Å². The topological polar surface area (TPSA) is 43.4 Å². The molecule has 3 unspecified atom stereocenters. The highest BCUT2D eigenvalue weighted by atomic mass is 28.3. The van der Waals surface area contributed by atoms with Gasteiger partial charge in [-0.25, -0.2) is 0 Å². The van der Waals surface area contributed by atoms with Crippen LogP contribution >= 0.6 is 0 Å². The van der Waals surface area contributed by atoms with Gasteiger partial charge in [0, 0.05) is 8.07 Å². The van der Waals surface area contributed by atoms with Crippen LogP contribution in [0, 0.1) is 23.7 Å². The van der Waals surface area contributed by atoms with Crippen LogP contribution in [0.1, 0.15) is 0 Å². The van der Waals surface area contributed by atoms with Gasteiger partial charge in [-0.1, -0.05) is 31.8 Å². The summed E-state index contributed by atoms with van der Waals surface area (Å²) in [5.41, 5.74) is 0.541. The van der Waals surface area contributed by atoms with Gasteiger partial charge in [-0.2, -0.15) is 0 Å². The van der Waals surface area contributed by atoms with Crippen LogP contribution in [0.5, 0.6) is 0 Å². The van der Waals surface area contributed by atoms with Crippen molar-refractivity contribution in [2.24, 2.45) is 23.7 Å². The maximum Gasteiger partial charge on any atom is 0.318 e. The summed E-state index contributed by atoms with van der Waals surface area (Å²) < 4.78 is 4.77. The van der Waals surface area contributed by atoms with Crippen LogP contribution < -0.4 is 0 Å². The Morgan fingerprint density at radius 2 is 1.44 bits per heavy atom. The van der Waals surface area contributed by atoms with E-state index in [4.69, 9.17) is 4.74 Å². The molecule has 4 heteroatoms. The molecule has 16 heavy (non-hydrogen) atoms. The van der Waals surface area contributed by atoms with E-state index in [2.05, 4.69) is 31.8 Å². The van der Waals surface area contributed by atoms with Crippen molar-refractivity contribution in [3.8, 4) is 0 Å². The van der Waals surface area contributed by atoms with Crippen molar-refractivity contribution in [2.45, 2.75) is 25.2 Å². The summed E-state index contributed by atoms with van der Waals surface area (Å²) >= 11 is 0. The summed E-state index contributed by atoms with van der Waals surface area (Å²) in [7, 11) is -1.34. The van der Waals surface area contributed by atoms with Gasteiger partial charge < -0.3 is 4.74 Å². The molecule has 5 atom stereocenters. The van der Waals surface area contributed by atoms with Crippen molar-refractivity contribution in [3.63, 3.8) is 0 Å². The lowest BCUT2D eigenvalue weighted by atomic mass is 9.85. The minimum absolute atomic E-state index is 0.167. The number of rotatable bonds is 1. The molecular weight excluding hydrogens is 220 g/mol. The zero-order valence-corrected chi connectivity index (χ0v) is 10.8. The standard InChI is InChI=1S/C12H16O3Si/c1-16(2,3)10-6-4-5-7(10)9-8(6)11(13)15-12(9)14/h4-10H,1-3H3/t6-,7+,8?,9?,10?. The lowest BCUT2D eigenvalue weighted by molar-refractivity contribution is -0.154. The molecule has 86 valence electrons. The maximum absolute atomic E-state index is 11.7. The van der Waals surface area contributed by atoms with Crippen LogP contribution in [0.15, 0.2) is 12.2 Å². The zero-order valence-electron chi connectivity index (χ0n) is 9.77. The van der Waals surface area contributed by atoms with E-state index in [1.54, 1.807) is 0 Å². The molecule has 0 aromatic carbocycles. The molecule has 0 aromatic heterocycles. The predicted molar refractivity (Wildman–Crippen MR) is 61.3 cm³/mol. The Morgan fingerprint density at radius 1 is 1.00 bits per heavy atom. The van der Waals surface area contributed by atoms with Crippen molar-refractivity contribution in [2.75, 3.05) is 0 Å². The van der Waals surface area contributed by atoms with Crippen LogP contribution in [0.4, 0.5) is 0 Å². The quantitative estimate of drug-likeness (QED) is 0.302. The minimum atomic E-state index is -1.34. The van der Waals surface area contributed by atoms with Crippen LogP contribution in [0.2, 0.25) is 25.2 Å². The molecule has 1 heterocycles. The molecule has 0 aromatic rings. The van der Waals surface area contributed by atoms with Gasteiger partial charge in [0.1, 0.15) is 0 Å². The fourth-order valence-corrected chi connectivity index (χ4v) is 6.86. The highest BCUT2D eigenvalue weighted by Crippen LogP contribution is 2.61. The van der Waals surface area contributed by atoms with Gasteiger partial charge in [-0.15, -0.1) is 0 Å². The van der Waals surface area contributed by atoms with Crippen LogP contribution in [-0.4, -0.2) is 20.0 Å². The minimum Gasteiger partial charge on any atom is -0.393 e. The number of carbonyl (C=O) groups is 2. The summed E-state index contributed by atoms with van der Waals surface area (Å²) in [5, 5.41) is 0. The highest BCUT2D eigenvalue weighted by Gasteiger charge is 2.64. The highest BCUT2D eigenvalue weighted by molar-refractivity contribution is 6.78. The maximum atomic E-state index is 11.7. The number of hydrogen-bond donors (Lipinski definition) is 0. The zero-order chi connectivity index (χ0) is 11.7. The second kappa shape index (κ2) is 2.86. The van der Waals surface area contributed by atoms with Gasteiger partial charge in [0.15, 0.2) is 0 Å². The van der Waals surface area contributed by atoms with E-state index in [-0.39, 0.29) is 35.6 Å². The Bertz CT molecular complexity index is 377. The number of cyclic esters (lactones) is 2. The van der Waals surface area contributed by atoms with Crippen LogP contribution in [-0.2, 0) is 14.3 Å². The van der Waals surface area contributed by atoms with Crippen molar-refractivity contribution in [3.05, 3.63) is 12.2 Å². The Balaban J connectivity index is 2.03. The third-order valence-electron chi connectivity index (χ3n) is 4.35. The Morgan fingerprint density at radius 3 is 1.81 bits per heavy atom. The first-order valence-electron chi connectivity index (χ1n) is 5.85. The van der Waals surface area contributed by atoms with Crippen molar-refractivity contribution in [1.82, 2.24) is 0 Å². The first-order valence-corrected chi connectivity index (χ1v) is 9.43. The average Bonchev–Trinajstić information content (AvgIpc) is 2.75. The summed E-state index contributed by atoms with van der Waals surface area (Å²) in [6.45, 7) is 6.96. The van der Waals surface area contributed by atoms with Gasteiger partial charge in [0.05, 0.1) is 11.8 Å². The van der Waals surface area contributed by atoms with Gasteiger partial charge in [-0.3, -0.25) is 9.59 Å². The molecule has 3 aliphatic rings. The van der Waals surface area contributed by atoms with E-state index < -0.39 is 8.07 Å². The molecule has 1 saturated carbocycles. The van der Waals surface area contributed by atoms with Gasteiger partial charge in [0.2, 0.25) is 0 Å². The molecule has 2 aliphatic carbocycles. The molecule has 2 bridgehead atoms. The van der Waals surface area contributed by atoms with E-state index in [1.807, 2.05) is 0 Å². The van der Waals surface area contributed by atoms with Gasteiger partial charge in [-0.05, 0) is 17.4 Å². The van der Waals surface area contributed by atoms with E-state index >= 15 is 0 Å². The molecule has 1 saturated heterocycles. The molecule has 0 amide bonds. The predicted octanol–water partition coefficient (Wildman–Crippen LogP) is 1.83. The second-order valence-electron chi connectivity index (χ2n) is 6.22. The van der Waals surface area contributed by atoms with Crippen molar-refractivity contribution >= 4 is 20.0 Å². The summed E-state index contributed by atoms with van der Waals surface area (Å²) in [6, 6.07) is 0. The first kappa shape index (κ1) is 10.3. The van der Waals surface area contributed by atoms with Gasteiger partial charge in [0.25, 0.3) is 0 Å². The van der Waals surface area contributed by atoms with Crippen LogP contribution in [0.3, 0.4) is 0 Å². The number of carbonyl (C=O) groups excluding carboxylic acids is 2. The molecule has 0 spiro atoms. The largest absolute Gasteiger partial charge is 0.393 e. The summed E-state index contributed by atoms with van der Waals surface area (Å²) in [4.78, 5) is 23.3. The molecule has 3 rings (SSSR count). The lowest BCUT2D eigenvalue weighted by Gasteiger charge is -2.30. The van der Waals surface area contributed by atoms with E-state index in [0.29, 0.717) is 5.54 Å². The Hall–Kier alpha value is -0.903. The molecular formula is C12H16O3Si. The fraction of sp³-hybridized carbons (Fsp3) is 0.667. The van der Waals surface area contributed by atoms with Gasteiger partial charge >= 0.3 is 11.9 Å². The van der Waals surface area contributed by atoms with E-state index in [9.17, 15) is 9.59 Å². The number of hydrogen-bond acceptors (Lipinski definition) is 3. The number of allylic oxidation sites excluding steroid dienone is 2. The summed E-state index contributed by atoms with van der Waals surface area (Å²) in [6.07, 6.45) is 4.29. The van der Waals surface area contributed by atoms with E-state index in [0.717, 1.165) is 0 Å². The molecule has 0 radical (unpaired) electrons.